The molecule has 148 valence electrons. The van der Waals surface area contributed by atoms with Crippen molar-refractivity contribution in [1.29, 1.82) is 0 Å². The third-order valence-corrected chi connectivity index (χ3v) is 3.84. The van der Waals surface area contributed by atoms with Crippen LogP contribution in [0.4, 0.5) is 18.9 Å². The summed E-state index contributed by atoms with van der Waals surface area (Å²) in [6.45, 7) is 0.560. The van der Waals surface area contributed by atoms with Crippen molar-refractivity contribution in [3.05, 3.63) is 69.3 Å². The molecule has 0 radical (unpaired) electrons. The zero-order valence-corrected chi connectivity index (χ0v) is 14.1. The minimum Gasteiger partial charge on any atom is -0.477 e. The van der Waals surface area contributed by atoms with Crippen molar-refractivity contribution in [2.75, 3.05) is 0 Å². The molecule has 0 bridgehead atoms. The smallest absolute Gasteiger partial charge is 0.421 e. The van der Waals surface area contributed by atoms with Gasteiger partial charge in [-0.2, -0.15) is 13.2 Å². The molecule has 0 heterocycles. The van der Waals surface area contributed by atoms with E-state index in [4.69, 9.17) is 9.84 Å². The fraction of sp³-hybridized carbons (Fsp3) is 0.176. The second-order valence-corrected chi connectivity index (χ2v) is 5.78. The molecule has 8 nitrogen and oxygen atoms in total. The van der Waals surface area contributed by atoms with E-state index in [0.29, 0.717) is 6.92 Å². The summed E-state index contributed by atoms with van der Waals surface area (Å²) in [6, 6.07) is 6.39. The highest BCUT2D eigenvalue weighted by Gasteiger charge is 2.51. The number of aliphatic hydroxyl groups is 1. The first-order chi connectivity index (χ1) is 12.8. The number of benzene rings is 2. The summed E-state index contributed by atoms with van der Waals surface area (Å²) in [7, 11) is 0. The van der Waals surface area contributed by atoms with E-state index in [0.717, 1.165) is 42.5 Å². The Morgan fingerprint density at radius 2 is 1.68 bits per heavy atom. The number of nitro benzene ring substituents is 1. The molecule has 2 N–H and O–H groups in total. The summed E-state index contributed by atoms with van der Waals surface area (Å²) in [6.07, 6.45) is -4.93. The molecule has 0 fully saturated rings. The van der Waals surface area contributed by atoms with Gasteiger partial charge in [0.05, 0.1) is 10.5 Å². The minimum atomic E-state index is -4.93. The molecule has 0 saturated carbocycles. The number of carboxylic acids is 1. The van der Waals surface area contributed by atoms with Crippen LogP contribution in [0.2, 0.25) is 0 Å². The van der Waals surface area contributed by atoms with Crippen LogP contribution in [0, 0.1) is 10.1 Å². The van der Waals surface area contributed by atoms with Gasteiger partial charge in [-0.25, -0.2) is 9.59 Å². The number of aromatic carboxylic acids is 1. The average Bonchev–Trinajstić information content (AvgIpc) is 2.60. The molecule has 28 heavy (non-hydrogen) atoms. The molecule has 2 rings (SSSR count). The lowest BCUT2D eigenvalue weighted by atomic mass is 9.94. The van der Waals surface area contributed by atoms with E-state index in [9.17, 15) is 38.0 Å². The van der Waals surface area contributed by atoms with Gasteiger partial charge in [0.2, 0.25) is 0 Å². The van der Waals surface area contributed by atoms with Crippen LogP contribution in [0.3, 0.4) is 0 Å². The number of nitro groups is 1. The first kappa shape index (κ1) is 20.8. The Labute approximate surface area is 154 Å². The highest BCUT2D eigenvalue weighted by Crippen LogP contribution is 2.38. The van der Waals surface area contributed by atoms with E-state index in [-0.39, 0.29) is 11.3 Å². The molecule has 11 heteroatoms. The lowest BCUT2D eigenvalue weighted by Crippen LogP contribution is -2.39. The highest BCUT2D eigenvalue weighted by atomic mass is 19.4. The Morgan fingerprint density at radius 1 is 1.11 bits per heavy atom. The topological polar surface area (TPSA) is 127 Å². The maximum absolute atomic E-state index is 12.8. The number of carbonyl (C=O) groups excluding carboxylic acids is 1. The van der Waals surface area contributed by atoms with Crippen molar-refractivity contribution in [3.63, 3.8) is 0 Å². The Morgan fingerprint density at radius 3 is 2.14 bits per heavy atom. The second kappa shape index (κ2) is 7.27. The molecule has 1 unspecified atom stereocenters. The third kappa shape index (κ3) is 4.09. The number of hydrogen-bond acceptors (Lipinski definition) is 6. The van der Waals surface area contributed by atoms with Crippen molar-refractivity contribution < 1.29 is 42.6 Å². The summed E-state index contributed by atoms with van der Waals surface area (Å²) < 4.78 is 43.4. The van der Waals surface area contributed by atoms with Crippen LogP contribution in [-0.4, -0.2) is 33.3 Å². The second-order valence-electron chi connectivity index (χ2n) is 5.78. The number of halogens is 3. The van der Waals surface area contributed by atoms with E-state index in [2.05, 4.69) is 0 Å². The van der Waals surface area contributed by atoms with Gasteiger partial charge in [-0.15, -0.1) is 0 Å². The van der Waals surface area contributed by atoms with Crippen molar-refractivity contribution in [2.45, 2.75) is 18.7 Å². The molecule has 1 atom stereocenters. The predicted molar refractivity (Wildman–Crippen MR) is 87.1 cm³/mol. The average molecular weight is 399 g/mol. The van der Waals surface area contributed by atoms with Crippen LogP contribution in [-0.2, 0) is 5.60 Å². The maximum atomic E-state index is 12.8. The monoisotopic (exact) mass is 399 g/mol. The van der Waals surface area contributed by atoms with E-state index in [1.54, 1.807) is 0 Å². The quantitative estimate of drug-likeness (QED) is 0.342. The standard InChI is InChI=1S/C17H12F3NO7/c1-16(25,17(18,19)20)10-4-2-9(3-5-10)15(24)28-11-6-7-13(21(26)27)12(8-11)14(22)23/h2-8,25H,1H3,(H,22,23). The largest absolute Gasteiger partial charge is 0.477 e. The van der Waals surface area contributed by atoms with E-state index < -0.39 is 45.5 Å². The number of esters is 1. The van der Waals surface area contributed by atoms with Gasteiger partial charge in [-0.05, 0) is 30.7 Å². The van der Waals surface area contributed by atoms with Gasteiger partial charge in [0, 0.05) is 12.1 Å². The predicted octanol–water partition coefficient (Wildman–Crippen LogP) is 3.28. The van der Waals surface area contributed by atoms with Gasteiger partial charge in [-0.1, -0.05) is 12.1 Å². The molecule has 0 saturated heterocycles. The van der Waals surface area contributed by atoms with Crippen molar-refractivity contribution in [1.82, 2.24) is 0 Å². The number of carboxylic acid groups (broad SMARTS) is 1. The molecular weight excluding hydrogens is 387 g/mol. The molecule has 0 aliphatic rings. The summed E-state index contributed by atoms with van der Waals surface area (Å²) >= 11 is 0. The van der Waals surface area contributed by atoms with E-state index >= 15 is 0 Å². The Balaban J connectivity index is 2.25. The van der Waals surface area contributed by atoms with Crippen LogP contribution in [0.25, 0.3) is 0 Å². The zero-order chi connectivity index (χ0) is 21.3. The number of carbonyl (C=O) groups is 2. The van der Waals surface area contributed by atoms with Gasteiger partial charge < -0.3 is 14.9 Å². The summed E-state index contributed by atoms with van der Waals surface area (Å²) in [5.41, 5.74) is -5.21. The Bertz CT molecular complexity index is 937. The summed E-state index contributed by atoms with van der Waals surface area (Å²) in [4.78, 5) is 33.1. The molecule has 2 aromatic rings. The molecule has 2 aromatic carbocycles. The number of ether oxygens (including phenoxy) is 1. The Hall–Kier alpha value is -3.47. The number of hydrogen-bond donors (Lipinski definition) is 2. The first-order valence-corrected chi connectivity index (χ1v) is 7.48. The number of rotatable bonds is 5. The Kier molecular flexibility index (Phi) is 5.41. The SMILES string of the molecule is CC(O)(c1ccc(C(=O)Oc2ccc([N+](=O)[O-])c(C(=O)O)c2)cc1)C(F)(F)F. The zero-order valence-electron chi connectivity index (χ0n) is 14.1. The van der Waals surface area contributed by atoms with E-state index in [1.807, 2.05) is 0 Å². The van der Waals surface area contributed by atoms with Crippen LogP contribution >= 0.6 is 0 Å². The van der Waals surface area contributed by atoms with Crippen molar-refractivity contribution in [3.8, 4) is 5.75 Å². The lowest BCUT2D eigenvalue weighted by molar-refractivity contribution is -0.385. The molecular formula is C17H12F3NO7. The van der Waals surface area contributed by atoms with Gasteiger partial charge >= 0.3 is 18.1 Å². The van der Waals surface area contributed by atoms with Crippen molar-refractivity contribution >= 4 is 17.6 Å². The van der Waals surface area contributed by atoms with Gasteiger partial charge in [0.1, 0.15) is 11.3 Å². The molecule has 0 aliphatic carbocycles. The van der Waals surface area contributed by atoms with Gasteiger partial charge in [0.25, 0.3) is 5.69 Å². The van der Waals surface area contributed by atoms with Crippen LogP contribution in [0.5, 0.6) is 5.75 Å². The van der Waals surface area contributed by atoms with Crippen LogP contribution < -0.4 is 4.74 Å². The number of nitrogens with zero attached hydrogens (tertiary/aromatic N) is 1. The molecule has 0 amide bonds. The highest BCUT2D eigenvalue weighted by molar-refractivity contribution is 5.94. The molecule has 0 aromatic heterocycles. The normalized spacial score (nSPS) is 13.5. The maximum Gasteiger partial charge on any atom is 0.421 e. The fourth-order valence-electron chi connectivity index (χ4n) is 2.17. The molecule has 0 aliphatic heterocycles. The minimum absolute atomic E-state index is 0.183. The fourth-order valence-corrected chi connectivity index (χ4v) is 2.17. The number of alkyl halides is 3. The first-order valence-electron chi connectivity index (χ1n) is 7.48. The summed E-state index contributed by atoms with van der Waals surface area (Å²) in [5, 5.41) is 29.4. The third-order valence-electron chi connectivity index (χ3n) is 3.84. The lowest BCUT2D eigenvalue weighted by Gasteiger charge is -2.26. The van der Waals surface area contributed by atoms with Gasteiger partial charge in [-0.3, -0.25) is 10.1 Å². The van der Waals surface area contributed by atoms with Crippen LogP contribution in [0.15, 0.2) is 42.5 Å². The van der Waals surface area contributed by atoms with Gasteiger partial charge in [0.15, 0.2) is 5.60 Å². The van der Waals surface area contributed by atoms with Crippen molar-refractivity contribution in [2.24, 2.45) is 0 Å². The molecule has 0 spiro atoms. The summed E-state index contributed by atoms with van der Waals surface area (Å²) in [5.74, 6) is -2.95. The van der Waals surface area contributed by atoms with Crippen LogP contribution in [0.1, 0.15) is 33.2 Å². The van der Waals surface area contributed by atoms with E-state index in [1.165, 1.54) is 0 Å².